The Morgan fingerprint density at radius 3 is 1.17 bits per heavy atom. The number of carboxylic acids is 4. The second kappa shape index (κ2) is 6.10. The molecule has 130 valence electrons. The van der Waals surface area contributed by atoms with Crippen molar-refractivity contribution in [3.8, 4) is 0 Å². The summed E-state index contributed by atoms with van der Waals surface area (Å²) in [4.78, 5) is 46.3. The highest BCUT2D eigenvalue weighted by molar-refractivity contribution is 5.90. The van der Waals surface area contributed by atoms with Gasteiger partial charge in [-0.3, -0.25) is 19.2 Å². The summed E-state index contributed by atoms with van der Waals surface area (Å²) in [6.07, 6.45) is -0.233. The van der Waals surface area contributed by atoms with Crippen LogP contribution >= 0.6 is 0 Å². The van der Waals surface area contributed by atoms with Crippen molar-refractivity contribution < 1.29 is 39.6 Å². The van der Waals surface area contributed by atoms with Gasteiger partial charge in [-0.05, 0) is 37.8 Å². The minimum atomic E-state index is -1.38. The molecule has 8 nitrogen and oxygen atoms in total. The van der Waals surface area contributed by atoms with E-state index in [1.807, 2.05) is 0 Å². The Morgan fingerprint density at radius 1 is 0.667 bits per heavy atom. The number of fused-ring (bicyclic) bond motifs is 1. The van der Waals surface area contributed by atoms with E-state index in [1.54, 1.807) is 0 Å². The monoisotopic (exact) mass is 338 g/mol. The van der Waals surface area contributed by atoms with Crippen LogP contribution in [0.3, 0.4) is 0 Å². The third-order valence-corrected chi connectivity index (χ3v) is 4.86. The lowest BCUT2D eigenvalue weighted by Crippen LogP contribution is -2.43. The molecule has 0 aromatic rings. The molecule has 0 amide bonds. The summed E-state index contributed by atoms with van der Waals surface area (Å²) in [6, 6.07) is 0. The van der Waals surface area contributed by atoms with Crippen molar-refractivity contribution in [2.45, 2.75) is 26.7 Å². The molecule has 4 N–H and O–H groups in total. The zero-order chi connectivity index (χ0) is 18.3. The second-order valence-electron chi connectivity index (χ2n) is 6.32. The predicted octanol–water partition coefficient (Wildman–Crippen LogP) is 1.23. The zero-order valence-electron chi connectivity index (χ0n) is 13.1. The van der Waals surface area contributed by atoms with Crippen molar-refractivity contribution >= 4 is 23.9 Å². The summed E-state index contributed by atoms with van der Waals surface area (Å²) in [5.74, 6) is -10.4. The first-order valence-electron chi connectivity index (χ1n) is 7.38. The van der Waals surface area contributed by atoms with Crippen LogP contribution in [-0.2, 0) is 19.2 Å². The van der Waals surface area contributed by atoms with E-state index in [-0.39, 0.29) is 24.0 Å². The minimum Gasteiger partial charge on any atom is -0.481 e. The van der Waals surface area contributed by atoms with Crippen molar-refractivity contribution in [2.75, 3.05) is 0 Å². The van der Waals surface area contributed by atoms with Crippen molar-refractivity contribution in [2.24, 2.45) is 23.7 Å². The highest BCUT2D eigenvalue weighted by Crippen LogP contribution is 2.50. The smallest absolute Gasteiger partial charge is 0.311 e. The van der Waals surface area contributed by atoms with Gasteiger partial charge in [0, 0.05) is 0 Å². The van der Waals surface area contributed by atoms with Crippen LogP contribution in [0.4, 0.5) is 0 Å². The zero-order valence-corrected chi connectivity index (χ0v) is 13.1. The van der Waals surface area contributed by atoms with E-state index in [2.05, 4.69) is 0 Å². The topological polar surface area (TPSA) is 149 Å². The molecule has 0 aromatic heterocycles. The molecule has 0 aliphatic heterocycles. The first kappa shape index (κ1) is 17.7. The summed E-state index contributed by atoms with van der Waals surface area (Å²) in [7, 11) is 0. The van der Waals surface area contributed by atoms with Gasteiger partial charge < -0.3 is 20.4 Å². The summed E-state index contributed by atoms with van der Waals surface area (Å²) in [5, 5.41) is 37.7. The largest absolute Gasteiger partial charge is 0.481 e. The molecular formula is C16H18O8. The van der Waals surface area contributed by atoms with Crippen LogP contribution in [0.2, 0.25) is 0 Å². The SMILES string of the molecule is CC1=C2C(=C(C)CC(C(=O)O)C2C(=O)O)C(C(=O)O)C(C(=O)O)C1. The Hall–Kier alpha value is -2.64. The van der Waals surface area contributed by atoms with Crippen molar-refractivity contribution in [3.63, 3.8) is 0 Å². The van der Waals surface area contributed by atoms with Crippen LogP contribution in [0.5, 0.6) is 0 Å². The molecule has 0 radical (unpaired) electrons. The van der Waals surface area contributed by atoms with Crippen molar-refractivity contribution in [3.05, 3.63) is 22.3 Å². The van der Waals surface area contributed by atoms with E-state index in [4.69, 9.17) is 0 Å². The lowest BCUT2D eigenvalue weighted by molar-refractivity contribution is -0.154. The van der Waals surface area contributed by atoms with Gasteiger partial charge >= 0.3 is 23.9 Å². The maximum absolute atomic E-state index is 11.7. The molecule has 0 saturated carbocycles. The Kier molecular flexibility index (Phi) is 4.50. The molecule has 0 saturated heterocycles. The molecule has 2 rings (SSSR count). The fraction of sp³-hybridized carbons (Fsp3) is 0.500. The highest BCUT2D eigenvalue weighted by Gasteiger charge is 2.50. The summed E-state index contributed by atoms with van der Waals surface area (Å²) < 4.78 is 0. The second-order valence-corrected chi connectivity index (χ2v) is 6.32. The fourth-order valence-corrected chi connectivity index (χ4v) is 3.89. The Bertz CT molecular complexity index is 639. The van der Waals surface area contributed by atoms with Gasteiger partial charge in [-0.2, -0.15) is 0 Å². The van der Waals surface area contributed by atoms with Gasteiger partial charge in [-0.25, -0.2) is 0 Å². The normalized spacial score (nSPS) is 29.9. The van der Waals surface area contributed by atoms with Gasteiger partial charge in [0.25, 0.3) is 0 Å². The molecular weight excluding hydrogens is 320 g/mol. The molecule has 0 aromatic carbocycles. The number of allylic oxidation sites excluding steroid dienone is 2. The quantitative estimate of drug-likeness (QED) is 0.598. The number of aliphatic carboxylic acids is 4. The standard InChI is InChI=1S/C16H18O8/c1-5-3-7(13(17)18)12(16(23)24)10-6(2)4-8(14(19)20)11(9(5)10)15(21)22/h7-8,11-12H,3-4H2,1-2H3,(H,17,18)(H,19,20)(H,21,22)(H,23,24). The molecule has 0 fully saturated rings. The summed E-state index contributed by atoms with van der Waals surface area (Å²) in [6.45, 7) is 3.08. The lowest BCUT2D eigenvalue weighted by Gasteiger charge is -2.40. The maximum atomic E-state index is 11.7. The number of carboxylic acid groups (broad SMARTS) is 4. The van der Waals surface area contributed by atoms with E-state index in [9.17, 15) is 39.6 Å². The Morgan fingerprint density at radius 2 is 0.958 bits per heavy atom. The fourth-order valence-electron chi connectivity index (χ4n) is 3.89. The molecule has 24 heavy (non-hydrogen) atoms. The average Bonchev–Trinajstić information content (AvgIpc) is 2.45. The molecule has 0 bridgehead atoms. The molecule has 0 heterocycles. The van der Waals surface area contributed by atoms with Gasteiger partial charge in [0.1, 0.15) is 0 Å². The minimum absolute atomic E-state index is 0.117. The molecule has 2 aliphatic carbocycles. The Labute approximate surface area is 137 Å². The maximum Gasteiger partial charge on any atom is 0.311 e. The van der Waals surface area contributed by atoms with Crippen LogP contribution < -0.4 is 0 Å². The van der Waals surface area contributed by atoms with Crippen LogP contribution in [0.1, 0.15) is 26.7 Å². The molecule has 0 spiro atoms. The highest BCUT2D eigenvalue weighted by atomic mass is 16.4. The van der Waals surface area contributed by atoms with Gasteiger partial charge in [0.05, 0.1) is 23.7 Å². The molecule has 2 aliphatic rings. The molecule has 8 heteroatoms. The lowest BCUT2D eigenvalue weighted by atomic mass is 9.62. The molecule has 4 unspecified atom stereocenters. The van der Waals surface area contributed by atoms with Gasteiger partial charge in [0.2, 0.25) is 0 Å². The van der Waals surface area contributed by atoms with E-state index < -0.39 is 47.5 Å². The molecule has 4 atom stereocenters. The van der Waals surface area contributed by atoms with E-state index in [0.717, 1.165) is 0 Å². The first-order chi connectivity index (χ1) is 11.1. The van der Waals surface area contributed by atoms with Crippen LogP contribution in [0, 0.1) is 23.7 Å². The third kappa shape index (κ3) is 2.68. The van der Waals surface area contributed by atoms with Crippen LogP contribution in [0.25, 0.3) is 0 Å². The summed E-state index contributed by atoms with van der Waals surface area (Å²) >= 11 is 0. The summed E-state index contributed by atoms with van der Waals surface area (Å²) in [5.41, 5.74) is 1.19. The van der Waals surface area contributed by atoms with E-state index >= 15 is 0 Å². The van der Waals surface area contributed by atoms with E-state index in [1.165, 1.54) is 13.8 Å². The third-order valence-electron chi connectivity index (χ3n) is 4.86. The number of hydrogen-bond donors (Lipinski definition) is 4. The van der Waals surface area contributed by atoms with Gasteiger partial charge in [0.15, 0.2) is 0 Å². The van der Waals surface area contributed by atoms with Crippen molar-refractivity contribution in [1.82, 2.24) is 0 Å². The van der Waals surface area contributed by atoms with Gasteiger partial charge in [-0.15, -0.1) is 0 Å². The first-order valence-corrected chi connectivity index (χ1v) is 7.38. The average molecular weight is 338 g/mol. The van der Waals surface area contributed by atoms with Gasteiger partial charge in [-0.1, -0.05) is 11.1 Å². The van der Waals surface area contributed by atoms with Crippen LogP contribution in [0.15, 0.2) is 22.3 Å². The predicted molar refractivity (Wildman–Crippen MR) is 79.1 cm³/mol. The number of carbonyl (C=O) groups is 4. The Balaban J connectivity index is 2.74. The number of rotatable bonds is 4. The van der Waals surface area contributed by atoms with Crippen LogP contribution in [-0.4, -0.2) is 44.3 Å². The van der Waals surface area contributed by atoms with E-state index in [0.29, 0.717) is 11.1 Å². The van der Waals surface area contributed by atoms with Crippen molar-refractivity contribution in [1.29, 1.82) is 0 Å². The number of hydrogen-bond acceptors (Lipinski definition) is 4.